The van der Waals surface area contributed by atoms with E-state index in [0.717, 1.165) is 18.2 Å². The molecule has 1 fully saturated rings. The lowest BCUT2D eigenvalue weighted by molar-refractivity contribution is -0.122. The predicted octanol–water partition coefficient (Wildman–Crippen LogP) is 1.16. The van der Waals surface area contributed by atoms with Crippen molar-refractivity contribution in [2.75, 3.05) is 6.61 Å². The molecule has 0 spiro atoms. The first-order valence-corrected chi connectivity index (χ1v) is 6.87. The summed E-state index contributed by atoms with van der Waals surface area (Å²) in [5, 5.41) is 5.57. The molecule has 3 rings (SSSR count). The lowest BCUT2D eigenvalue weighted by atomic mass is 10.2. The number of ether oxygens (including phenoxy) is 1. The SMILES string of the molecule is O=C(COc1ccc2ccc(=O)oc2c1)NC(=O)NC1CC1. The fourth-order valence-corrected chi connectivity index (χ4v) is 1.89. The average molecular weight is 302 g/mol. The van der Waals surface area contributed by atoms with E-state index in [2.05, 4.69) is 10.6 Å². The van der Waals surface area contributed by atoms with Gasteiger partial charge in [-0.2, -0.15) is 0 Å². The van der Waals surface area contributed by atoms with Crippen LogP contribution in [0.1, 0.15) is 12.8 Å². The van der Waals surface area contributed by atoms with Crippen molar-refractivity contribution >= 4 is 22.9 Å². The van der Waals surface area contributed by atoms with E-state index in [1.54, 1.807) is 18.2 Å². The van der Waals surface area contributed by atoms with Crippen molar-refractivity contribution in [3.05, 3.63) is 40.8 Å². The molecular formula is C15H14N2O5. The maximum atomic E-state index is 11.6. The Balaban J connectivity index is 1.57. The van der Waals surface area contributed by atoms with Crippen molar-refractivity contribution in [2.24, 2.45) is 0 Å². The van der Waals surface area contributed by atoms with Gasteiger partial charge in [0, 0.05) is 23.6 Å². The number of carbonyl (C=O) groups excluding carboxylic acids is 2. The molecule has 3 amide bonds. The summed E-state index contributed by atoms with van der Waals surface area (Å²) in [5.74, 6) is -0.174. The fraction of sp³-hybridized carbons (Fsp3) is 0.267. The standard InChI is InChI=1S/C15H14N2O5/c18-13(17-15(20)16-10-3-4-10)8-21-11-5-1-9-2-6-14(19)22-12(9)7-11/h1-2,5-7,10H,3-4,8H2,(H2,16,17,18,20). The van der Waals surface area contributed by atoms with Crippen molar-refractivity contribution < 1.29 is 18.7 Å². The lowest BCUT2D eigenvalue weighted by Gasteiger charge is -2.08. The quantitative estimate of drug-likeness (QED) is 0.826. The van der Waals surface area contributed by atoms with E-state index < -0.39 is 17.6 Å². The summed E-state index contributed by atoms with van der Waals surface area (Å²) in [4.78, 5) is 34.1. The van der Waals surface area contributed by atoms with E-state index >= 15 is 0 Å². The van der Waals surface area contributed by atoms with Crippen LogP contribution in [0.3, 0.4) is 0 Å². The van der Waals surface area contributed by atoms with Crippen LogP contribution in [0.4, 0.5) is 4.79 Å². The van der Waals surface area contributed by atoms with Gasteiger partial charge in [0.1, 0.15) is 11.3 Å². The molecule has 1 saturated carbocycles. The summed E-state index contributed by atoms with van der Waals surface area (Å²) in [7, 11) is 0. The number of rotatable bonds is 4. The van der Waals surface area contributed by atoms with Crippen LogP contribution in [-0.2, 0) is 4.79 Å². The van der Waals surface area contributed by atoms with Gasteiger partial charge in [-0.05, 0) is 31.0 Å². The first-order chi connectivity index (χ1) is 10.6. The maximum Gasteiger partial charge on any atom is 0.336 e. The molecule has 7 heteroatoms. The summed E-state index contributed by atoms with van der Waals surface area (Å²) in [5.41, 5.74) is -0.0870. The summed E-state index contributed by atoms with van der Waals surface area (Å²) in [6.07, 6.45) is 1.89. The monoisotopic (exact) mass is 302 g/mol. The van der Waals surface area contributed by atoms with Crippen molar-refractivity contribution in [1.82, 2.24) is 10.6 Å². The Morgan fingerprint density at radius 2 is 2.00 bits per heavy atom. The molecule has 22 heavy (non-hydrogen) atoms. The second kappa shape index (κ2) is 5.88. The molecule has 1 aromatic heterocycles. The molecule has 1 heterocycles. The zero-order chi connectivity index (χ0) is 15.5. The first-order valence-electron chi connectivity index (χ1n) is 6.87. The number of benzene rings is 1. The van der Waals surface area contributed by atoms with E-state index in [1.165, 1.54) is 12.1 Å². The largest absolute Gasteiger partial charge is 0.484 e. The topological polar surface area (TPSA) is 97.6 Å². The molecule has 0 atom stereocenters. The van der Waals surface area contributed by atoms with Gasteiger partial charge in [-0.1, -0.05) is 0 Å². The predicted molar refractivity (Wildman–Crippen MR) is 77.7 cm³/mol. The Morgan fingerprint density at radius 3 is 2.77 bits per heavy atom. The summed E-state index contributed by atoms with van der Waals surface area (Å²) in [6, 6.07) is 7.52. The minimum Gasteiger partial charge on any atom is -0.484 e. The maximum absolute atomic E-state index is 11.6. The number of carbonyl (C=O) groups is 2. The van der Waals surface area contributed by atoms with Gasteiger partial charge in [0.2, 0.25) is 0 Å². The fourth-order valence-electron chi connectivity index (χ4n) is 1.89. The number of nitrogens with one attached hydrogen (secondary N) is 2. The third kappa shape index (κ3) is 3.63. The molecule has 0 unspecified atom stereocenters. The second-order valence-electron chi connectivity index (χ2n) is 5.04. The van der Waals surface area contributed by atoms with Crippen molar-refractivity contribution in [2.45, 2.75) is 18.9 Å². The minimum absolute atomic E-state index is 0.178. The molecule has 0 radical (unpaired) electrons. The molecule has 1 aliphatic carbocycles. The molecule has 1 aromatic carbocycles. The Kier molecular flexibility index (Phi) is 3.78. The van der Waals surface area contributed by atoms with Gasteiger partial charge in [-0.25, -0.2) is 9.59 Å². The molecule has 0 saturated heterocycles. The van der Waals surface area contributed by atoms with E-state index in [9.17, 15) is 14.4 Å². The van der Waals surface area contributed by atoms with Gasteiger partial charge in [0.05, 0.1) is 0 Å². The van der Waals surface area contributed by atoms with Crippen LogP contribution in [0.25, 0.3) is 11.0 Å². The highest BCUT2D eigenvalue weighted by atomic mass is 16.5. The van der Waals surface area contributed by atoms with Crippen LogP contribution < -0.4 is 21.0 Å². The molecular weight excluding hydrogens is 288 g/mol. The molecule has 114 valence electrons. The third-order valence-electron chi connectivity index (χ3n) is 3.13. The second-order valence-corrected chi connectivity index (χ2v) is 5.04. The Hall–Kier alpha value is -2.83. The van der Waals surface area contributed by atoms with Crippen LogP contribution in [0, 0.1) is 0 Å². The van der Waals surface area contributed by atoms with Gasteiger partial charge >= 0.3 is 11.7 Å². The van der Waals surface area contributed by atoms with Crippen LogP contribution in [-0.4, -0.2) is 24.6 Å². The number of fused-ring (bicyclic) bond motifs is 1. The van der Waals surface area contributed by atoms with E-state index in [1.807, 2.05) is 0 Å². The van der Waals surface area contributed by atoms with Crippen LogP contribution in [0.5, 0.6) is 5.75 Å². The van der Waals surface area contributed by atoms with Crippen molar-refractivity contribution in [3.63, 3.8) is 0 Å². The smallest absolute Gasteiger partial charge is 0.336 e. The molecule has 1 aliphatic rings. The first kappa shape index (κ1) is 14.1. The number of hydrogen-bond acceptors (Lipinski definition) is 5. The Bertz CT molecular complexity index is 779. The highest BCUT2D eigenvalue weighted by Gasteiger charge is 2.23. The summed E-state index contributed by atoms with van der Waals surface area (Å²) < 4.78 is 10.3. The molecule has 7 nitrogen and oxygen atoms in total. The number of urea groups is 1. The lowest BCUT2D eigenvalue weighted by Crippen LogP contribution is -2.42. The third-order valence-corrected chi connectivity index (χ3v) is 3.13. The number of amides is 3. The zero-order valence-electron chi connectivity index (χ0n) is 11.6. The molecule has 2 aromatic rings. The number of hydrogen-bond donors (Lipinski definition) is 2. The highest BCUT2D eigenvalue weighted by Crippen LogP contribution is 2.19. The van der Waals surface area contributed by atoms with E-state index in [4.69, 9.17) is 9.15 Å². The highest BCUT2D eigenvalue weighted by molar-refractivity contribution is 5.95. The van der Waals surface area contributed by atoms with Crippen LogP contribution >= 0.6 is 0 Å². The van der Waals surface area contributed by atoms with Crippen molar-refractivity contribution in [3.8, 4) is 5.75 Å². The zero-order valence-corrected chi connectivity index (χ0v) is 11.6. The summed E-state index contributed by atoms with van der Waals surface area (Å²) >= 11 is 0. The molecule has 0 aliphatic heterocycles. The average Bonchev–Trinajstić information content (AvgIpc) is 3.28. The van der Waals surface area contributed by atoms with Gasteiger partial charge in [0.25, 0.3) is 5.91 Å². The Labute approximate surface area is 125 Å². The van der Waals surface area contributed by atoms with Crippen LogP contribution in [0.15, 0.2) is 39.5 Å². The summed E-state index contributed by atoms with van der Waals surface area (Å²) in [6.45, 7) is -0.305. The van der Waals surface area contributed by atoms with Gasteiger partial charge in [-0.15, -0.1) is 0 Å². The van der Waals surface area contributed by atoms with Gasteiger partial charge in [0.15, 0.2) is 6.61 Å². The minimum atomic E-state index is -0.548. The van der Waals surface area contributed by atoms with E-state index in [-0.39, 0.29) is 12.6 Å². The molecule has 2 N–H and O–H groups in total. The van der Waals surface area contributed by atoms with Crippen LogP contribution in [0.2, 0.25) is 0 Å². The van der Waals surface area contributed by atoms with Gasteiger partial charge < -0.3 is 14.5 Å². The Morgan fingerprint density at radius 1 is 1.23 bits per heavy atom. The van der Waals surface area contributed by atoms with Crippen molar-refractivity contribution in [1.29, 1.82) is 0 Å². The normalized spacial score (nSPS) is 13.6. The molecule has 0 bridgehead atoms. The number of imide groups is 1. The van der Waals surface area contributed by atoms with E-state index in [0.29, 0.717) is 11.3 Å². The van der Waals surface area contributed by atoms with Gasteiger partial charge in [-0.3, -0.25) is 10.1 Å².